The van der Waals surface area contributed by atoms with Gasteiger partial charge < -0.3 is 10.2 Å². The normalized spacial score (nSPS) is 12.1. The molecule has 0 heterocycles. The summed E-state index contributed by atoms with van der Waals surface area (Å²) >= 11 is 0. The number of amides is 1. The molecular weight excluding hydrogens is 386 g/mol. The third-order valence-electron chi connectivity index (χ3n) is 4.07. The van der Waals surface area contributed by atoms with Crippen LogP contribution in [0.15, 0.2) is 59.5 Å². The topological polar surface area (TPSA) is 78.5 Å². The molecule has 148 valence electrons. The number of carbonyl (C=O) groups is 1. The molecule has 0 fully saturated rings. The smallest absolute Gasteiger partial charge is 0.253 e. The summed E-state index contributed by atoms with van der Waals surface area (Å²) < 4.78 is 28.0. The predicted octanol–water partition coefficient (Wildman–Crippen LogP) is 2.44. The molecule has 27 heavy (non-hydrogen) atoms. The quantitative estimate of drug-likeness (QED) is 0.699. The maximum absolute atomic E-state index is 12.7. The molecule has 2 aromatic carbocycles. The molecule has 2 rings (SSSR count). The molecule has 0 spiro atoms. The second-order valence-corrected chi connectivity index (χ2v) is 7.83. The van der Waals surface area contributed by atoms with Crippen molar-refractivity contribution in [1.82, 2.24) is 14.9 Å². The van der Waals surface area contributed by atoms with E-state index in [0.29, 0.717) is 18.7 Å². The largest absolute Gasteiger partial charge is 0.340 e. The summed E-state index contributed by atoms with van der Waals surface area (Å²) in [5.41, 5.74) is 1.22. The first-order valence-electron chi connectivity index (χ1n) is 8.42. The van der Waals surface area contributed by atoms with Crippen molar-refractivity contribution in [1.29, 1.82) is 0 Å². The van der Waals surface area contributed by atoms with E-state index in [2.05, 4.69) is 10.0 Å². The molecule has 1 atom stereocenters. The molecule has 0 bridgehead atoms. The summed E-state index contributed by atoms with van der Waals surface area (Å²) in [6.07, 6.45) is 0. The first-order valence-corrected chi connectivity index (χ1v) is 9.91. The molecule has 0 aromatic heterocycles. The van der Waals surface area contributed by atoms with Crippen molar-refractivity contribution in [3.05, 3.63) is 65.7 Å². The fraction of sp³-hybridized carbons (Fsp3) is 0.316. The highest BCUT2D eigenvalue weighted by Gasteiger charge is 2.20. The molecule has 1 amide bonds. The van der Waals surface area contributed by atoms with Crippen LogP contribution in [0.2, 0.25) is 0 Å². The van der Waals surface area contributed by atoms with Crippen molar-refractivity contribution in [2.24, 2.45) is 0 Å². The number of carbonyl (C=O) groups excluding carboxylic acids is 1. The highest BCUT2D eigenvalue weighted by Crippen LogP contribution is 2.18. The van der Waals surface area contributed by atoms with Gasteiger partial charge in [-0.05, 0) is 37.7 Å². The van der Waals surface area contributed by atoms with Crippen molar-refractivity contribution in [2.75, 3.05) is 27.2 Å². The molecule has 0 aliphatic carbocycles. The van der Waals surface area contributed by atoms with E-state index in [1.165, 1.54) is 12.1 Å². The lowest BCUT2D eigenvalue weighted by Gasteiger charge is -2.18. The number of rotatable bonds is 8. The average Bonchev–Trinajstić information content (AvgIpc) is 2.66. The minimum atomic E-state index is -3.74. The van der Waals surface area contributed by atoms with Crippen LogP contribution in [-0.2, 0) is 10.0 Å². The Labute approximate surface area is 167 Å². The Kier molecular flexibility index (Phi) is 8.92. The van der Waals surface area contributed by atoms with Crippen LogP contribution in [-0.4, -0.2) is 46.4 Å². The number of halogens is 1. The molecule has 0 radical (unpaired) electrons. The molecule has 2 N–H and O–H groups in total. The number of benzene rings is 2. The number of sulfonamides is 1. The second kappa shape index (κ2) is 10.4. The predicted molar refractivity (Wildman–Crippen MR) is 110 cm³/mol. The van der Waals surface area contributed by atoms with Crippen LogP contribution in [0.5, 0.6) is 0 Å². The highest BCUT2D eigenvalue weighted by molar-refractivity contribution is 7.89. The SMILES string of the molecule is CNCCN(C)C(=O)c1cccc(S(=O)(=O)NC(C)c2ccccc2)c1.Cl. The molecule has 0 saturated heterocycles. The van der Waals surface area contributed by atoms with Crippen LogP contribution in [0.3, 0.4) is 0 Å². The lowest BCUT2D eigenvalue weighted by Crippen LogP contribution is -2.33. The molecule has 1 unspecified atom stereocenters. The first-order chi connectivity index (χ1) is 12.3. The Morgan fingerprint density at radius 2 is 1.78 bits per heavy atom. The summed E-state index contributed by atoms with van der Waals surface area (Å²) in [5.74, 6) is -0.214. The van der Waals surface area contributed by atoms with Gasteiger partial charge in [0.15, 0.2) is 0 Å². The molecule has 0 saturated carbocycles. The van der Waals surface area contributed by atoms with Gasteiger partial charge in [0.05, 0.1) is 4.90 Å². The highest BCUT2D eigenvalue weighted by atomic mass is 35.5. The van der Waals surface area contributed by atoms with Gasteiger partial charge in [-0.2, -0.15) is 0 Å². The standard InChI is InChI=1S/C19H25N3O3S.ClH/c1-15(16-8-5-4-6-9-16)21-26(24,25)18-11-7-10-17(14-18)19(23)22(3)13-12-20-2;/h4-11,14-15,20-21H,12-13H2,1-3H3;1H. The van der Waals surface area contributed by atoms with Crippen molar-refractivity contribution >= 4 is 28.3 Å². The lowest BCUT2D eigenvalue weighted by atomic mass is 10.1. The Morgan fingerprint density at radius 3 is 2.41 bits per heavy atom. The average molecular weight is 412 g/mol. The first kappa shape index (κ1) is 23.1. The van der Waals surface area contributed by atoms with Gasteiger partial charge in [0.2, 0.25) is 10.0 Å². The number of nitrogens with one attached hydrogen (secondary N) is 2. The van der Waals surface area contributed by atoms with Gasteiger partial charge in [-0.1, -0.05) is 36.4 Å². The zero-order valence-corrected chi connectivity index (χ0v) is 17.3. The van der Waals surface area contributed by atoms with Crippen molar-refractivity contribution in [3.63, 3.8) is 0 Å². The van der Waals surface area contributed by atoms with E-state index >= 15 is 0 Å². The number of nitrogens with zero attached hydrogens (tertiary/aromatic N) is 1. The number of likely N-dealkylation sites (N-methyl/N-ethyl adjacent to an activating group) is 2. The zero-order valence-electron chi connectivity index (χ0n) is 15.7. The molecular formula is C19H26ClN3O3S. The summed E-state index contributed by atoms with van der Waals surface area (Å²) in [6.45, 7) is 2.99. The zero-order chi connectivity index (χ0) is 19.2. The summed E-state index contributed by atoms with van der Waals surface area (Å²) in [4.78, 5) is 14.1. The van der Waals surface area contributed by atoms with Crippen LogP contribution < -0.4 is 10.0 Å². The van der Waals surface area contributed by atoms with E-state index in [4.69, 9.17) is 0 Å². The molecule has 8 heteroatoms. The van der Waals surface area contributed by atoms with Gasteiger partial charge in [-0.25, -0.2) is 13.1 Å². The Hall–Kier alpha value is -1.93. The van der Waals surface area contributed by atoms with Crippen molar-refractivity contribution in [2.45, 2.75) is 17.9 Å². The van der Waals surface area contributed by atoms with Gasteiger partial charge >= 0.3 is 0 Å². The van der Waals surface area contributed by atoms with Gasteiger partial charge in [0.1, 0.15) is 0 Å². The second-order valence-electron chi connectivity index (χ2n) is 6.11. The van der Waals surface area contributed by atoms with Crippen LogP contribution in [0.25, 0.3) is 0 Å². The van der Waals surface area contributed by atoms with Crippen LogP contribution in [0.1, 0.15) is 28.9 Å². The summed E-state index contributed by atoms with van der Waals surface area (Å²) in [6, 6.07) is 15.1. The van der Waals surface area contributed by atoms with Crippen LogP contribution in [0.4, 0.5) is 0 Å². The molecule has 0 aliphatic rings. The van der Waals surface area contributed by atoms with Crippen LogP contribution >= 0.6 is 12.4 Å². The Balaban J connectivity index is 0.00000364. The van der Waals surface area contributed by atoms with Gasteiger partial charge in [-0.15, -0.1) is 12.4 Å². The van der Waals surface area contributed by atoms with Gasteiger partial charge in [-0.3, -0.25) is 4.79 Å². The molecule has 0 aliphatic heterocycles. The fourth-order valence-electron chi connectivity index (χ4n) is 2.51. The molecule has 2 aromatic rings. The third-order valence-corrected chi connectivity index (χ3v) is 5.61. The summed E-state index contributed by atoms with van der Waals surface area (Å²) in [7, 11) is -0.238. The minimum Gasteiger partial charge on any atom is -0.340 e. The van der Waals surface area contributed by atoms with E-state index in [1.54, 1.807) is 31.0 Å². The minimum absolute atomic E-state index is 0. The number of hydrogen-bond acceptors (Lipinski definition) is 4. The summed E-state index contributed by atoms with van der Waals surface area (Å²) in [5, 5.41) is 2.98. The van der Waals surface area contributed by atoms with Gasteiger partial charge in [0, 0.05) is 31.7 Å². The van der Waals surface area contributed by atoms with Crippen LogP contribution in [0, 0.1) is 0 Å². The van der Waals surface area contributed by atoms with E-state index < -0.39 is 10.0 Å². The van der Waals surface area contributed by atoms with E-state index in [9.17, 15) is 13.2 Å². The monoisotopic (exact) mass is 411 g/mol. The maximum Gasteiger partial charge on any atom is 0.253 e. The maximum atomic E-state index is 12.7. The third kappa shape index (κ3) is 6.32. The van der Waals surface area contributed by atoms with Crippen molar-refractivity contribution in [3.8, 4) is 0 Å². The fourth-order valence-corrected chi connectivity index (χ4v) is 3.79. The molecule has 6 nitrogen and oxygen atoms in total. The Bertz CT molecular complexity index is 844. The van der Waals surface area contributed by atoms with E-state index in [0.717, 1.165) is 5.56 Å². The Morgan fingerprint density at radius 1 is 1.11 bits per heavy atom. The van der Waals surface area contributed by atoms with E-state index in [-0.39, 0.29) is 29.3 Å². The lowest BCUT2D eigenvalue weighted by molar-refractivity contribution is 0.0796. The number of hydrogen-bond donors (Lipinski definition) is 2. The van der Waals surface area contributed by atoms with Gasteiger partial charge in [0.25, 0.3) is 5.91 Å². The van der Waals surface area contributed by atoms with Crippen molar-refractivity contribution < 1.29 is 13.2 Å². The van der Waals surface area contributed by atoms with E-state index in [1.807, 2.05) is 37.4 Å².